The van der Waals surface area contributed by atoms with Gasteiger partial charge < -0.3 is 10.1 Å². The van der Waals surface area contributed by atoms with Crippen molar-refractivity contribution >= 4 is 11.6 Å². The Morgan fingerprint density at radius 2 is 2.00 bits per heavy atom. The van der Waals surface area contributed by atoms with Gasteiger partial charge in [-0.2, -0.15) is 0 Å². The van der Waals surface area contributed by atoms with Gasteiger partial charge in [0.2, 0.25) is 0 Å². The van der Waals surface area contributed by atoms with E-state index in [0.29, 0.717) is 6.04 Å². The predicted octanol–water partition coefficient (Wildman–Crippen LogP) is 3.87. The molecule has 100 valence electrons. The maximum atomic E-state index is 6.14. The van der Waals surface area contributed by atoms with Crippen LogP contribution in [0.3, 0.4) is 0 Å². The summed E-state index contributed by atoms with van der Waals surface area (Å²) in [6.45, 7) is 5.97. The molecule has 1 saturated heterocycles. The summed E-state index contributed by atoms with van der Waals surface area (Å²) < 4.78 is 5.83. The zero-order chi connectivity index (χ0) is 13.0. The van der Waals surface area contributed by atoms with Gasteiger partial charge in [0.1, 0.15) is 5.75 Å². The van der Waals surface area contributed by atoms with E-state index in [1.165, 1.54) is 19.3 Å². The van der Waals surface area contributed by atoms with Crippen molar-refractivity contribution in [2.45, 2.75) is 45.6 Å². The molecule has 0 unspecified atom stereocenters. The summed E-state index contributed by atoms with van der Waals surface area (Å²) in [6.07, 6.45) is 5.02. The van der Waals surface area contributed by atoms with Gasteiger partial charge in [-0.3, -0.25) is 0 Å². The first-order chi connectivity index (χ1) is 8.66. The number of aryl methyl sites for hydroxylation is 2. The molecule has 2 rings (SSSR count). The van der Waals surface area contributed by atoms with Gasteiger partial charge in [-0.05, 0) is 62.9 Å². The lowest BCUT2D eigenvalue weighted by atomic mass is 10.0. The lowest BCUT2D eigenvalue weighted by Crippen LogP contribution is -2.35. The summed E-state index contributed by atoms with van der Waals surface area (Å²) in [4.78, 5) is 0. The van der Waals surface area contributed by atoms with E-state index < -0.39 is 0 Å². The summed E-state index contributed by atoms with van der Waals surface area (Å²) in [5, 5.41) is 4.38. The lowest BCUT2D eigenvalue weighted by Gasteiger charge is -2.23. The smallest absolute Gasteiger partial charge is 0.119 e. The molecule has 0 saturated carbocycles. The predicted molar refractivity (Wildman–Crippen MR) is 76.7 cm³/mol. The first-order valence-electron chi connectivity index (χ1n) is 6.80. The van der Waals surface area contributed by atoms with Gasteiger partial charge in [-0.25, -0.2) is 0 Å². The molecular weight excluding hydrogens is 246 g/mol. The third-order valence-electron chi connectivity index (χ3n) is 3.56. The SMILES string of the molecule is Cc1cc(OCC[C@H]2CCCCN2)cc(C)c1Cl. The molecule has 2 nitrogen and oxygen atoms in total. The molecule has 1 atom stereocenters. The molecule has 1 heterocycles. The van der Waals surface area contributed by atoms with Crippen LogP contribution in [-0.2, 0) is 0 Å². The van der Waals surface area contributed by atoms with E-state index >= 15 is 0 Å². The van der Waals surface area contributed by atoms with E-state index in [2.05, 4.69) is 5.32 Å². The van der Waals surface area contributed by atoms with E-state index in [1.54, 1.807) is 0 Å². The number of piperidine rings is 1. The molecule has 1 aromatic rings. The third kappa shape index (κ3) is 3.63. The number of hydrogen-bond acceptors (Lipinski definition) is 2. The van der Waals surface area contributed by atoms with Crippen LogP contribution in [-0.4, -0.2) is 19.2 Å². The van der Waals surface area contributed by atoms with E-state index in [4.69, 9.17) is 16.3 Å². The number of ether oxygens (including phenoxy) is 1. The van der Waals surface area contributed by atoms with Crippen molar-refractivity contribution in [3.8, 4) is 5.75 Å². The van der Waals surface area contributed by atoms with Gasteiger partial charge >= 0.3 is 0 Å². The van der Waals surface area contributed by atoms with Crippen molar-refractivity contribution in [1.29, 1.82) is 0 Å². The Balaban J connectivity index is 1.82. The normalized spacial score (nSPS) is 19.8. The Morgan fingerprint density at radius 1 is 1.28 bits per heavy atom. The maximum absolute atomic E-state index is 6.14. The first-order valence-corrected chi connectivity index (χ1v) is 7.17. The monoisotopic (exact) mass is 267 g/mol. The van der Waals surface area contributed by atoms with E-state index in [9.17, 15) is 0 Å². The molecule has 1 aliphatic rings. The standard InChI is InChI=1S/C15H22ClNO/c1-11-9-14(10-12(2)15(11)16)18-8-6-13-5-3-4-7-17-13/h9-10,13,17H,3-8H2,1-2H3/t13-/m1/s1. The number of benzene rings is 1. The highest BCUT2D eigenvalue weighted by molar-refractivity contribution is 6.32. The average Bonchev–Trinajstić information content (AvgIpc) is 2.37. The van der Waals surface area contributed by atoms with Gasteiger partial charge in [0.15, 0.2) is 0 Å². The van der Waals surface area contributed by atoms with Crippen molar-refractivity contribution in [1.82, 2.24) is 5.32 Å². The largest absolute Gasteiger partial charge is 0.494 e. The van der Waals surface area contributed by atoms with E-state index in [0.717, 1.165) is 41.5 Å². The van der Waals surface area contributed by atoms with Gasteiger partial charge in [-0.1, -0.05) is 18.0 Å². The summed E-state index contributed by atoms with van der Waals surface area (Å²) in [7, 11) is 0. The molecule has 18 heavy (non-hydrogen) atoms. The molecule has 0 bridgehead atoms. The van der Waals surface area contributed by atoms with Crippen LogP contribution in [0.25, 0.3) is 0 Å². The Bertz CT molecular complexity index is 376. The number of halogens is 1. The molecule has 0 aromatic heterocycles. The molecule has 1 aliphatic heterocycles. The van der Waals surface area contributed by atoms with Crippen LogP contribution in [0.1, 0.15) is 36.8 Å². The zero-order valence-electron chi connectivity index (χ0n) is 11.3. The minimum Gasteiger partial charge on any atom is -0.494 e. The second-order valence-corrected chi connectivity index (χ2v) is 5.53. The Hall–Kier alpha value is -0.730. The summed E-state index contributed by atoms with van der Waals surface area (Å²) in [5.41, 5.74) is 2.17. The Morgan fingerprint density at radius 3 is 2.61 bits per heavy atom. The van der Waals surface area contributed by atoms with Gasteiger partial charge in [-0.15, -0.1) is 0 Å². The topological polar surface area (TPSA) is 21.3 Å². The molecule has 0 spiro atoms. The van der Waals surface area contributed by atoms with Gasteiger partial charge in [0.25, 0.3) is 0 Å². The zero-order valence-corrected chi connectivity index (χ0v) is 12.0. The minimum absolute atomic E-state index is 0.633. The molecular formula is C15H22ClNO. The summed E-state index contributed by atoms with van der Waals surface area (Å²) in [5.74, 6) is 0.935. The number of nitrogens with one attached hydrogen (secondary N) is 1. The fourth-order valence-corrected chi connectivity index (χ4v) is 2.59. The second kappa shape index (κ2) is 6.44. The molecule has 0 amide bonds. The minimum atomic E-state index is 0.633. The van der Waals surface area contributed by atoms with Crippen LogP contribution in [0.5, 0.6) is 5.75 Å². The number of rotatable bonds is 4. The van der Waals surface area contributed by atoms with Crippen LogP contribution in [0.15, 0.2) is 12.1 Å². The molecule has 1 N–H and O–H groups in total. The van der Waals surface area contributed by atoms with Crippen LogP contribution < -0.4 is 10.1 Å². The van der Waals surface area contributed by atoms with Crippen LogP contribution in [0.4, 0.5) is 0 Å². The van der Waals surface area contributed by atoms with E-state index in [-0.39, 0.29) is 0 Å². The Kier molecular flexibility index (Phi) is 4.90. The van der Waals surface area contributed by atoms with Crippen molar-refractivity contribution in [3.05, 3.63) is 28.3 Å². The van der Waals surface area contributed by atoms with Crippen molar-refractivity contribution < 1.29 is 4.74 Å². The molecule has 3 heteroatoms. The second-order valence-electron chi connectivity index (χ2n) is 5.16. The molecule has 1 fully saturated rings. The molecule has 1 aromatic carbocycles. The fourth-order valence-electron chi connectivity index (χ4n) is 2.48. The quantitative estimate of drug-likeness (QED) is 0.894. The lowest BCUT2D eigenvalue weighted by molar-refractivity contribution is 0.268. The van der Waals surface area contributed by atoms with Crippen LogP contribution in [0, 0.1) is 13.8 Å². The highest BCUT2D eigenvalue weighted by Crippen LogP contribution is 2.26. The van der Waals surface area contributed by atoms with Crippen molar-refractivity contribution in [3.63, 3.8) is 0 Å². The van der Waals surface area contributed by atoms with Crippen molar-refractivity contribution in [2.75, 3.05) is 13.2 Å². The van der Waals surface area contributed by atoms with Crippen LogP contribution >= 0.6 is 11.6 Å². The summed E-state index contributed by atoms with van der Waals surface area (Å²) in [6, 6.07) is 4.67. The van der Waals surface area contributed by atoms with Gasteiger partial charge in [0.05, 0.1) is 6.61 Å². The third-order valence-corrected chi connectivity index (χ3v) is 4.15. The fraction of sp³-hybridized carbons (Fsp3) is 0.600. The van der Waals surface area contributed by atoms with Crippen LogP contribution in [0.2, 0.25) is 5.02 Å². The van der Waals surface area contributed by atoms with E-state index in [1.807, 2.05) is 26.0 Å². The summed E-state index contributed by atoms with van der Waals surface area (Å²) >= 11 is 6.14. The highest BCUT2D eigenvalue weighted by atomic mass is 35.5. The highest BCUT2D eigenvalue weighted by Gasteiger charge is 2.12. The first kappa shape index (κ1) is 13.7. The Labute approximate surface area is 115 Å². The number of hydrogen-bond donors (Lipinski definition) is 1. The average molecular weight is 268 g/mol. The van der Waals surface area contributed by atoms with Crippen molar-refractivity contribution in [2.24, 2.45) is 0 Å². The van der Waals surface area contributed by atoms with Gasteiger partial charge in [0, 0.05) is 11.1 Å². The molecule has 0 radical (unpaired) electrons. The maximum Gasteiger partial charge on any atom is 0.119 e. The molecule has 0 aliphatic carbocycles.